The topological polar surface area (TPSA) is 62.8 Å². The van der Waals surface area contributed by atoms with Crippen molar-refractivity contribution in [2.75, 3.05) is 7.11 Å². The van der Waals surface area contributed by atoms with Crippen molar-refractivity contribution in [1.82, 2.24) is 20.5 Å². The quantitative estimate of drug-likeness (QED) is 0.867. The van der Waals surface area contributed by atoms with Crippen molar-refractivity contribution in [3.63, 3.8) is 0 Å². The van der Waals surface area contributed by atoms with Crippen LogP contribution in [0.5, 0.6) is 5.75 Å². The summed E-state index contributed by atoms with van der Waals surface area (Å²) in [6.45, 7) is 6.22. The average molecular weight is 260 g/mol. The standard InChI is InChI=1S/C14H20N4O/c1-9-5-6-12(13(7-9)19-4)10(2)17-11(3)14-15-8-16-18-14/h5-8,10-11,17H,1-4H3,(H,15,16,18). The van der Waals surface area contributed by atoms with Crippen LogP contribution in [-0.4, -0.2) is 22.3 Å². The lowest BCUT2D eigenvalue weighted by molar-refractivity contribution is 0.394. The first-order chi connectivity index (χ1) is 9.11. The summed E-state index contributed by atoms with van der Waals surface area (Å²) in [5.74, 6) is 1.74. The van der Waals surface area contributed by atoms with Gasteiger partial charge in [-0.2, -0.15) is 5.10 Å². The van der Waals surface area contributed by atoms with Crippen molar-refractivity contribution in [3.05, 3.63) is 41.5 Å². The fourth-order valence-electron chi connectivity index (χ4n) is 2.14. The van der Waals surface area contributed by atoms with Gasteiger partial charge in [0.1, 0.15) is 17.9 Å². The Labute approximate surface area is 113 Å². The molecule has 0 radical (unpaired) electrons. The molecule has 0 saturated heterocycles. The number of rotatable bonds is 5. The van der Waals surface area contributed by atoms with Crippen molar-refractivity contribution in [3.8, 4) is 5.75 Å². The molecule has 102 valence electrons. The van der Waals surface area contributed by atoms with Crippen LogP contribution in [0.2, 0.25) is 0 Å². The Morgan fingerprint density at radius 2 is 2.05 bits per heavy atom. The maximum atomic E-state index is 5.44. The Bertz CT molecular complexity index is 524. The highest BCUT2D eigenvalue weighted by molar-refractivity contribution is 5.39. The smallest absolute Gasteiger partial charge is 0.141 e. The molecule has 0 aliphatic heterocycles. The molecule has 0 amide bonds. The lowest BCUT2D eigenvalue weighted by Gasteiger charge is -2.21. The van der Waals surface area contributed by atoms with E-state index >= 15 is 0 Å². The predicted octanol–water partition coefficient (Wildman–Crippen LogP) is 2.53. The monoisotopic (exact) mass is 260 g/mol. The summed E-state index contributed by atoms with van der Waals surface area (Å²) in [6.07, 6.45) is 1.52. The molecule has 1 aromatic heterocycles. The van der Waals surface area contributed by atoms with E-state index in [1.807, 2.05) is 6.07 Å². The van der Waals surface area contributed by atoms with Gasteiger partial charge >= 0.3 is 0 Å². The van der Waals surface area contributed by atoms with Crippen LogP contribution in [0.15, 0.2) is 24.5 Å². The zero-order valence-electron chi connectivity index (χ0n) is 11.8. The maximum Gasteiger partial charge on any atom is 0.141 e. The number of ether oxygens (including phenoxy) is 1. The van der Waals surface area contributed by atoms with E-state index < -0.39 is 0 Å². The fraction of sp³-hybridized carbons (Fsp3) is 0.429. The summed E-state index contributed by atoms with van der Waals surface area (Å²) in [6, 6.07) is 6.50. The highest BCUT2D eigenvalue weighted by Gasteiger charge is 2.16. The number of aryl methyl sites for hydroxylation is 1. The molecule has 2 atom stereocenters. The van der Waals surface area contributed by atoms with Crippen LogP contribution in [0.25, 0.3) is 0 Å². The summed E-state index contributed by atoms with van der Waals surface area (Å²) in [5, 5.41) is 10.2. The number of aromatic nitrogens is 3. The van der Waals surface area contributed by atoms with Gasteiger partial charge in [0, 0.05) is 11.6 Å². The van der Waals surface area contributed by atoms with Crippen molar-refractivity contribution in [2.24, 2.45) is 0 Å². The molecular weight excluding hydrogens is 240 g/mol. The first kappa shape index (κ1) is 13.5. The minimum Gasteiger partial charge on any atom is -0.496 e. The van der Waals surface area contributed by atoms with Crippen LogP contribution in [0.1, 0.15) is 42.9 Å². The molecule has 0 spiro atoms. The lowest BCUT2D eigenvalue weighted by atomic mass is 10.0. The zero-order valence-corrected chi connectivity index (χ0v) is 11.8. The van der Waals surface area contributed by atoms with Crippen LogP contribution >= 0.6 is 0 Å². The second-order valence-electron chi connectivity index (χ2n) is 4.73. The van der Waals surface area contributed by atoms with Gasteiger partial charge in [-0.1, -0.05) is 12.1 Å². The molecule has 0 bridgehead atoms. The van der Waals surface area contributed by atoms with E-state index in [2.05, 4.69) is 53.4 Å². The van der Waals surface area contributed by atoms with Gasteiger partial charge < -0.3 is 10.1 Å². The van der Waals surface area contributed by atoms with Gasteiger partial charge in [-0.05, 0) is 32.4 Å². The average Bonchev–Trinajstić information content (AvgIpc) is 2.92. The van der Waals surface area contributed by atoms with Crippen LogP contribution in [-0.2, 0) is 0 Å². The number of nitrogens with one attached hydrogen (secondary N) is 2. The highest BCUT2D eigenvalue weighted by Crippen LogP contribution is 2.27. The Morgan fingerprint density at radius 1 is 1.26 bits per heavy atom. The van der Waals surface area contributed by atoms with Gasteiger partial charge in [0.05, 0.1) is 13.2 Å². The SMILES string of the molecule is COc1cc(C)ccc1C(C)NC(C)c1ncn[nH]1. The second-order valence-corrected chi connectivity index (χ2v) is 4.73. The van der Waals surface area contributed by atoms with E-state index in [0.29, 0.717) is 0 Å². The number of hydrogen-bond donors (Lipinski definition) is 2. The molecule has 19 heavy (non-hydrogen) atoms. The Morgan fingerprint density at radius 3 is 2.68 bits per heavy atom. The van der Waals surface area contributed by atoms with Gasteiger partial charge in [-0.3, -0.25) is 5.10 Å². The van der Waals surface area contributed by atoms with E-state index in [0.717, 1.165) is 17.1 Å². The molecule has 0 fully saturated rings. The van der Waals surface area contributed by atoms with Crippen LogP contribution in [0.4, 0.5) is 0 Å². The van der Waals surface area contributed by atoms with E-state index in [-0.39, 0.29) is 12.1 Å². The molecule has 1 heterocycles. The van der Waals surface area contributed by atoms with Gasteiger partial charge in [0.2, 0.25) is 0 Å². The molecule has 5 heteroatoms. The van der Waals surface area contributed by atoms with Crippen LogP contribution in [0.3, 0.4) is 0 Å². The van der Waals surface area contributed by atoms with Gasteiger partial charge in [-0.15, -0.1) is 0 Å². The maximum absolute atomic E-state index is 5.44. The first-order valence-electron chi connectivity index (χ1n) is 6.37. The largest absolute Gasteiger partial charge is 0.496 e. The number of methoxy groups -OCH3 is 1. The summed E-state index contributed by atoms with van der Waals surface area (Å²) in [7, 11) is 1.70. The third-order valence-corrected chi connectivity index (χ3v) is 3.20. The number of aromatic amines is 1. The van der Waals surface area contributed by atoms with Gasteiger partial charge in [-0.25, -0.2) is 4.98 Å². The molecule has 0 aliphatic rings. The molecule has 2 rings (SSSR count). The molecular formula is C14H20N4O. The minimum absolute atomic E-state index is 0.100. The minimum atomic E-state index is 0.100. The predicted molar refractivity (Wildman–Crippen MR) is 74.1 cm³/mol. The highest BCUT2D eigenvalue weighted by atomic mass is 16.5. The van der Waals surface area contributed by atoms with Crippen molar-refractivity contribution >= 4 is 0 Å². The van der Waals surface area contributed by atoms with Gasteiger partial charge in [0.25, 0.3) is 0 Å². The summed E-state index contributed by atoms with van der Waals surface area (Å²) >= 11 is 0. The van der Waals surface area contributed by atoms with Crippen molar-refractivity contribution in [1.29, 1.82) is 0 Å². The Kier molecular flexibility index (Phi) is 4.16. The third-order valence-electron chi connectivity index (χ3n) is 3.20. The third kappa shape index (κ3) is 3.12. The summed E-state index contributed by atoms with van der Waals surface area (Å²) < 4.78 is 5.44. The molecule has 0 saturated carbocycles. The molecule has 2 N–H and O–H groups in total. The van der Waals surface area contributed by atoms with E-state index in [1.54, 1.807) is 7.11 Å². The van der Waals surface area contributed by atoms with Crippen LogP contribution in [0, 0.1) is 6.92 Å². The molecule has 2 unspecified atom stereocenters. The lowest BCUT2D eigenvalue weighted by Crippen LogP contribution is -2.23. The van der Waals surface area contributed by atoms with Crippen LogP contribution < -0.4 is 10.1 Å². The first-order valence-corrected chi connectivity index (χ1v) is 6.37. The van der Waals surface area contributed by atoms with Crippen molar-refractivity contribution < 1.29 is 4.74 Å². The normalized spacial score (nSPS) is 14.1. The summed E-state index contributed by atoms with van der Waals surface area (Å²) in [5.41, 5.74) is 2.33. The molecule has 5 nitrogen and oxygen atoms in total. The van der Waals surface area contributed by atoms with E-state index in [9.17, 15) is 0 Å². The second kappa shape index (κ2) is 5.84. The van der Waals surface area contributed by atoms with Gasteiger partial charge in [0.15, 0.2) is 0 Å². The Hall–Kier alpha value is -1.88. The van der Waals surface area contributed by atoms with E-state index in [1.165, 1.54) is 11.9 Å². The zero-order chi connectivity index (χ0) is 13.8. The number of benzene rings is 1. The number of hydrogen-bond acceptors (Lipinski definition) is 4. The fourth-order valence-corrected chi connectivity index (χ4v) is 2.14. The number of H-pyrrole nitrogens is 1. The van der Waals surface area contributed by atoms with Crippen molar-refractivity contribution in [2.45, 2.75) is 32.9 Å². The molecule has 0 aliphatic carbocycles. The summed E-state index contributed by atoms with van der Waals surface area (Å²) in [4.78, 5) is 4.16. The molecule has 2 aromatic rings. The molecule has 1 aromatic carbocycles. The Balaban J connectivity index is 2.13. The number of nitrogens with zero attached hydrogens (tertiary/aromatic N) is 2. The van der Waals surface area contributed by atoms with E-state index in [4.69, 9.17) is 4.74 Å².